The zero-order valence-electron chi connectivity index (χ0n) is 9.89. The molecule has 1 unspecified atom stereocenters. The van der Waals surface area contributed by atoms with Gasteiger partial charge in [-0.05, 0) is 19.8 Å². The lowest BCUT2D eigenvalue weighted by atomic mass is 10.1. The van der Waals surface area contributed by atoms with Gasteiger partial charge < -0.3 is 10.5 Å². The number of ether oxygens (including phenoxy) is 1. The molecule has 0 aromatic heterocycles. The second-order valence-corrected chi connectivity index (χ2v) is 6.05. The molecule has 0 amide bonds. The SMILES string of the molecule is CCOCCS(=O)(=O)N1CCCCC1CN. The third kappa shape index (κ3) is 3.69. The van der Waals surface area contributed by atoms with E-state index in [1.807, 2.05) is 6.92 Å². The number of piperidine rings is 1. The zero-order valence-corrected chi connectivity index (χ0v) is 10.7. The normalized spacial score (nSPS) is 23.5. The van der Waals surface area contributed by atoms with Crippen molar-refractivity contribution in [2.75, 3.05) is 32.1 Å². The van der Waals surface area contributed by atoms with E-state index in [9.17, 15) is 8.42 Å². The first-order valence-corrected chi connectivity index (χ1v) is 7.50. The zero-order chi connectivity index (χ0) is 12.0. The number of hydrogen-bond donors (Lipinski definition) is 1. The van der Waals surface area contributed by atoms with Crippen molar-refractivity contribution < 1.29 is 13.2 Å². The van der Waals surface area contributed by atoms with Crippen molar-refractivity contribution in [3.05, 3.63) is 0 Å². The summed E-state index contributed by atoms with van der Waals surface area (Å²) in [4.78, 5) is 0. The highest BCUT2D eigenvalue weighted by Gasteiger charge is 2.30. The highest BCUT2D eigenvalue weighted by Crippen LogP contribution is 2.19. The third-order valence-electron chi connectivity index (χ3n) is 2.89. The van der Waals surface area contributed by atoms with E-state index in [0.717, 1.165) is 19.3 Å². The molecule has 1 rings (SSSR count). The van der Waals surface area contributed by atoms with E-state index < -0.39 is 10.0 Å². The molecule has 2 N–H and O–H groups in total. The molecule has 1 fully saturated rings. The Hall–Kier alpha value is -0.170. The van der Waals surface area contributed by atoms with Gasteiger partial charge in [0.25, 0.3) is 0 Å². The van der Waals surface area contributed by atoms with Gasteiger partial charge in [0, 0.05) is 25.7 Å². The summed E-state index contributed by atoms with van der Waals surface area (Å²) in [6, 6.07) is -0.0135. The molecule has 1 aliphatic rings. The topological polar surface area (TPSA) is 72.6 Å². The molecule has 96 valence electrons. The van der Waals surface area contributed by atoms with E-state index in [1.165, 1.54) is 0 Å². The van der Waals surface area contributed by atoms with Gasteiger partial charge in [-0.1, -0.05) is 6.42 Å². The van der Waals surface area contributed by atoms with Crippen molar-refractivity contribution in [2.24, 2.45) is 5.73 Å². The summed E-state index contributed by atoms with van der Waals surface area (Å²) in [7, 11) is -3.19. The fraction of sp³-hybridized carbons (Fsp3) is 1.00. The van der Waals surface area contributed by atoms with Crippen molar-refractivity contribution in [2.45, 2.75) is 32.2 Å². The van der Waals surface area contributed by atoms with E-state index in [2.05, 4.69) is 0 Å². The predicted octanol–water partition coefficient (Wildman–Crippen LogP) is 0.166. The number of nitrogens with zero attached hydrogens (tertiary/aromatic N) is 1. The molecular weight excluding hydrogens is 228 g/mol. The molecule has 16 heavy (non-hydrogen) atoms. The Morgan fingerprint density at radius 3 is 2.81 bits per heavy atom. The monoisotopic (exact) mass is 250 g/mol. The van der Waals surface area contributed by atoms with Crippen LogP contribution in [0.1, 0.15) is 26.2 Å². The number of nitrogens with two attached hydrogens (primary N) is 1. The lowest BCUT2D eigenvalue weighted by Crippen LogP contribution is -2.48. The fourth-order valence-electron chi connectivity index (χ4n) is 2.00. The minimum Gasteiger partial charge on any atom is -0.381 e. The standard InChI is InChI=1S/C10H22N2O3S/c1-2-15-7-8-16(13,14)12-6-4-3-5-10(12)9-11/h10H,2-9,11H2,1H3. The van der Waals surface area contributed by atoms with E-state index in [4.69, 9.17) is 10.5 Å². The summed E-state index contributed by atoms with van der Waals surface area (Å²) >= 11 is 0. The van der Waals surface area contributed by atoms with Gasteiger partial charge >= 0.3 is 0 Å². The minimum atomic E-state index is -3.19. The highest BCUT2D eigenvalue weighted by molar-refractivity contribution is 7.89. The van der Waals surface area contributed by atoms with Crippen LogP contribution in [0.15, 0.2) is 0 Å². The van der Waals surface area contributed by atoms with Gasteiger partial charge in [0.2, 0.25) is 10.0 Å². The van der Waals surface area contributed by atoms with Crippen LogP contribution in [-0.2, 0) is 14.8 Å². The maximum absolute atomic E-state index is 12.0. The van der Waals surface area contributed by atoms with Crippen LogP contribution in [0, 0.1) is 0 Å². The first kappa shape index (κ1) is 13.9. The summed E-state index contributed by atoms with van der Waals surface area (Å²) in [6.45, 7) is 3.70. The highest BCUT2D eigenvalue weighted by atomic mass is 32.2. The average molecular weight is 250 g/mol. The van der Waals surface area contributed by atoms with Crippen LogP contribution in [0.2, 0.25) is 0 Å². The number of hydrogen-bond acceptors (Lipinski definition) is 4. The fourth-order valence-corrected chi connectivity index (χ4v) is 3.62. The van der Waals surface area contributed by atoms with E-state index in [0.29, 0.717) is 19.7 Å². The van der Waals surface area contributed by atoms with Crippen molar-refractivity contribution in [1.29, 1.82) is 0 Å². The second kappa shape index (κ2) is 6.54. The quantitative estimate of drug-likeness (QED) is 0.682. The Kier molecular flexibility index (Phi) is 5.68. The van der Waals surface area contributed by atoms with Crippen molar-refractivity contribution in [3.8, 4) is 0 Å². The molecule has 1 saturated heterocycles. The Morgan fingerprint density at radius 2 is 2.19 bits per heavy atom. The van der Waals surface area contributed by atoms with Crippen molar-refractivity contribution in [3.63, 3.8) is 0 Å². The second-order valence-electron chi connectivity index (χ2n) is 4.01. The van der Waals surface area contributed by atoms with Gasteiger partial charge in [-0.15, -0.1) is 0 Å². The van der Waals surface area contributed by atoms with Gasteiger partial charge in [-0.2, -0.15) is 4.31 Å². The molecule has 1 heterocycles. The largest absolute Gasteiger partial charge is 0.381 e. The van der Waals surface area contributed by atoms with Crippen LogP contribution in [0.4, 0.5) is 0 Å². The molecule has 0 bridgehead atoms. The lowest BCUT2D eigenvalue weighted by molar-refractivity contribution is 0.161. The van der Waals surface area contributed by atoms with Crippen LogP contribution in [0.3, 0.4) is 0 Å². The van der Waals surface area contributed by atoms with Crippen LogP contribution in [0.25, 0.3) is 0 Å². The number of rotatable bonds is 6. The van der Waals surface area contributed by atoms with Crippen molar-refractivity contribution >= 4 is 10.0 Å². The Balaban J connectivity index is 2.57. The lowest BCUT2D eigenvalue weighted by Gasteiger charge is -2.33. The maximum atomic E-state index is 12.0. The summed E-state index contributed by atoms with van der Waals surface area (Å²) < 4.78 is 30.7. The van der Waals surface area contributed by atoms with E-state index in [1.54, 1.807) is 4.31 Å². The van der Waals surface area contributed by atoms with Gasteiger partial charge in [0.15, 0.2) is 0 Å². The summed E-state index contributed by atoms with van der Waals surface area (Å²) in [5.74, 6) is 0.0668. The number of sulfonamides is 1. The molecule has 1 aliphatic heterocycles. The first-order chi connectivity index (χ1) is 7.61. The molecule has 0 aromatic rings. The molecule has 6 heteroatoms. The van der Waals surface area contributed by atoms with Crippen LogP contribution in [-0.4, -0.2) is 50.8 Å². The molecular formula is C10H22N2O3S. The molecule has 0 aromatic carbocycles. The van der Waals surface area contributed by atoms with Gasteiger partial charge in [-0.3, -0.25) is 0 Å². The van der Waals surface area contributed by atoms with Gasteiger partial charge in [0.05, 0.1) is 12.4 Å². The van der Waals surface area contributed by atoms with Crippen LogP contribution < -0.4 is 5.73 Å². The Bertz CT molecular complexity index is 292. The molecule has 0 radical (unpaired) electrons. The first-order valence-electron chi connectivity index (χ1n) is 5.89. The van der Waals surface area contributed by atoms with Gasteiger partial charge in [0.1, 0.15) is 0 Å². The third-order valence-corrected chi connectivity index (χ3v) is 4.77. The Morgan fingerprint density at radius 1 is 1.44 bits per heavy atom. The average Bonchev–Trinajstić information content (AvgIpc) is 2.29. The summed E-state index contributed by atoms with van der Waals surface area (Å²) in [6.07, 6.45) is 2.88. The van der Waals surface area contributed by atoms with E-state index in [-0.39, 0.29) is 18.4 Å². The predicted molar refractivity (Wildman–Crippen MR) is 63.7 cm³/mol. The van der Waals surface area contributed by atoms with Crippen LogP contribution in [0.5, 0.6) is 0 Å². The molecule has 0 spiro atoms. The molecule has 0 saturated carbocycles. The van der Waals surface area contributed by atoms with Crippen molar-refractivity contribution in [1.82, 2.24) is 4.31 Å². The summed E-state index contributed by atoms with van der Waals surface area (Å²) in [5, 5.41) is 0. The smallest absolute Gasteiger partial charge is 0.216 e. The maximum Gasteiger partial charge on any atom is 0.216 e. The molecule has 0 aliphatic carbocycles. The van der Waals surface area contributed by atoms with Gasteiger partial charge in [-0.25, -0.2) is 8.42 Å². The van der Waals surface area contributed by atoms with Crippen LogP contribution >= 0.6 is 0 Å². The summed E-state index contributed by atoms with van der Waals surface area (Å²) in [5.41, 5.74) is 5.61. The molecule has 1 atom stereocenters. The Labute approximate surface area is 98.0 Å². The molecule has 5 nitrogen and oxygen atoms in total. The van der Waals surface area contributed by atoms with E-state index >= 15 is 0 Å². The minimum absolute atomic E-state index is 0.0135.